The summed E-state index contributed by atoms with van der Waals surface area (Å²) < 4.78 is 5.23. The lowest BCUT2D eigenvalue weighted by Crippen LogP contribution is -2.05. The van der Waals surface area contributed by atoms with Crippen molar-refractivity contribution in [1.29, 1.82) is 0 Å². The number of benzene rings is 2. The average molecular weight is 362 g/mol. The van der Waals surface area contributed by atoms with E-state index in [2.05, 4.69) is 18.8 Å². The molecule has 27 heavy (non-hydrogen) atoms. The molecule has 3 rings (SSSR count). The van der Waals surface area contributed by atoms with Crippen molar-refractivity contribution in [1.82, 2.24) is 0 Å². The highest BCUT2D eigenvalue weighted by Gasteiger charge is 2.23. The molecule has 2 aromatic carbocycles. The fraction of sp³-hybridized carbons (Fsp3) is 0.143. The Morgan fingerprint density at radius 3 is 2.48 bits per heavy atom. The van der Waals surface area contributed by atoms with Crippen LogP contribution in [0.4, 0.5) is 5.69 Å². The zero-order valence-corrected chi connectivity index (χ0v) is 15.0. The molecule has 0 bridgehead atoms. The molecule has 0 spiro atoms. The Labute approximate surface area is 156 Å². The summed E-state index contributed by atoms with van der Waals surface area (Å²) >= 11 is 0. The van der Waals surface area contributed by atoms with Crippen LogP contribution in [-0.2, 0) is 9.53 Å². The monoisotopic (exact) mass is 362 g/mol. The summed E-state index contributed by atoms with van der Waals surface area (Å²) in [6.07, 6.45) is 4.59. The first-order chi connectivity index (χ1) is 13.0. The first kappa shape index (κ1) is 18.3. The Balaban J connectivity index is 1.81. The molecule has 0 unspecified atom stereocenters. The lowest BCUT2D eigenvalue weighted by Gasteiger charge is -2.05. The highest BCUT2D eigenvalue weighted by atomic mass is 16.6. The third-order valence-corrected chi connectivity index (χ3v) is 4.11. The number of hydrogen-bond acceptors (Lipinski definition) is 5. The van der Waals surface area contributed by atoms with Gasteiger partial charge in [0.05, 0.1) is 10.5 Å². The van der Waals surface area contributed by atoms with Crippen LogP contribution in [0.5, 0.6) is 0 Å². The van der Waals surface area contributed by atoms with Gasteiger partial charge in [-0.15, -0.1) is 0 Å². The van der Waals surface area contributed by atoms with Gasteiger partial charge in [-0.3, -0.25) is 10.1 Å². The van der Waals surface area contributed by atoms with Gasteiger partial charge < -0.3 is 4.74 Å². The van der Waals surface area contributed by atoms with Crippen molar-refractivity contribution < 1.29 is 14.5 Å². The number of ether oxygens (including phenoxy) is 1. The predicted octanol–water partition coefficient (Wildman–Crippen LogP) is 4.62. The topological polar surface area (TPSA) is 81.8 Å². The second-order valence-corrected chi connectivity index (χ2v) is 6.31. The lowest BCUT2D eigenvalue weighted by atomic mass is 10.0. The predicted molar refractivity (Wildman–Crippen MR) is 103 cm³/mol. The summed E-state index contributed by atoms with van der Waals surface area (Å²) in [6, 6.07) is 14.1. The number of nitro groups is 1. The van der Waals surface area contributed by atoms with E-state index < -0.39 is 10.9 Å². The number of esters is 1. The molecule has 0 fully saturated rings. The van der Waals surface area contributed by atoms with Crippen molar-refractivity contribution in [3.05, 3.63) is 93.2 Å². The molecule has 0 radical (unpaired) electrons. The zero-order chi connectivity index (χ0) is 19.4. The van der Waals surface area contributed by atoms with Crippen LogP contribution in [0.15, 0.2) is 71.4 Å². The SMILES string of the molecule is CC(C)c1ccc(C2=N/C(=C\C=C\c3ccccc3[N+](=O)[O-])C(=O)O2)cc1. The summed E-state index contributed by atoms with van der Waals surface area (Å²) in [4.78, 5) is 26.8. The van der Waals surface area contributed by atoms with Crippen LogP contribution in [0, 0.1) is 10.1 Å². The Morgan fingerprint density at radius 2 is 1.81 bits per heavy atom. The maximum absolute atomic E-state index is 12.0. The summed E-state index contributed by atoms with van der Waals surface area (Å²) in [7, 11) is 0. The molecule has 0 aliphatic carbocycles. The summed E-state index contributed by atoms with van der Waals surface area (Å²) in [6.45, 7) is 4.21. The fourth-order valence-corrected chi connectivity index (χ4v) is 2.59. The number of hydrogen-bond donors (Lipinski definition) is 0. The second-order valence-electron chi connectivity index (χ2n) is 6.31. The molecule has 1 aliphatic rings. The van der Waals surface area contributed by atoms with E-state index in [1.165, 1.54) is 17.7 Å². The average Bonchev–Trinajstić information content (AvgIpc) is 3.03. The van der Waals surface area contributed by atoms with Gasteiger partial charge in [0.15, 0.2) is 5.70 Å². The molecule has 0 saturated heterocycles. The molecule has 6 heteroatoms. The van der Waals surface area contributed by atoms with Crippen LogP contribution in [0.1, 0.15) is 36.5 Å². The maximum atomic E-state index is 12.0. The van der Waals surface area contributed by atoms with Gasteiger partial charge in [-0.25, -0.2) is 9.79 Å². The molecular formula is C21H18N2O4. The minimum atomic E-state index is -0.551. The number of para-hydroxylation sites is 1. The number of cyclic esters (lactones) is 1. The van der Waals surface area contributed by atoms with E-state index in [1.54, 1.807) is 30.4 Å². The van der Waals surface area contributed by atoms with E-state index in [9.17, 15) is 14.9 Å². The minimum Gasteiger partial charge on any atom is -0.402 e. The molecule has 0 saturated carbocycles. The van der Waals surface area contributed by atoms with Crippen molar-refractivity contribution in [2.75, 3.05) is 0 Å². The standard InChI is InChI=1S/C21H18N2O4/c1-14(2)15-10-12-17(13-11-15)20-22-18(21(24)27-20)8-5-7-16-6-3-4-9-19(16)23(25)26/h3-14H,1-2H3/b7-5+,18-8-. The number of allylic oxidation sites excluding steroid dienone is 2. The van der Waals surface area contributed by atoms with Gasteiger partial charge >= 0.3 is 5.97 Å². The quantitative estimate of drug-likeness (QED) is 0.336. The Morgan fingerprint density at radius 1 is 1.11 bits per heavy atom. The highest BCUT2D eigenvalue weighted by molar-refractivity contribution is 6.11. The van der Waals surface area contributed by atoms with Gasteiger partial charge in [0, 0.05) is 11.6 Å². The van der Waals surface area contributed by atoms with Crippen LogP contribution < -0.4 is 0 Å². The van der Waals surface area contributed by atoms with Crippen molar-refractivity contribution >= 4 is 23.6 Å². The van der Waals surface area contributed by atoms with Crippen LogP contribution >= 0.6 is 0 Å². The molecule has 0 aromatic heterocycles. The van der Waals surface area contributed by atoms with Crippen molar-refractivity contribution in [3.8, 4) is 0 Å². The molecule has 0 atom stereocenters. The van der Waals surface area contributed by atoms with E-state index in [1.807, 2.05) is 24.3 Å². The van der Waals surface area contributed by atoms with Gasteiger partial charge in [0.2, 0.25) is 5.90 Å². The largest absolute Gasteiger partial charge is 0.402 e. The summed E-state index contributed by atoms with van der Waals surface area (Å²) in [5.74, 6) is 0.112. The molecule has 0 amide bonds. The highest BCUT2D eigenvalue weighted by Crippen LogP contribution is 2.21. The number of rotatable bonds is 5. The number of carbonyl (C=O) groups is 1. The molecular weight excluding hydrogens is 344 g/mol. The number of aliphatic imine (C=N–C) groups is 1. The van der Waals surface area contributed by atoms with Gasteiger partial charge in [-0.1, -0.05) is 44.2 Å². The first-order valence-electron chi connectivity index (χ1n) is 8.48. The molecule has 2 aromatic rings. The van der Waals surface area contributed by atoms with Gasteiger partial charge in [0.25, 0.3) is 5.69 Å². The number of carbonyl (C=O) groups excluding carboxylic acids is 1. The van der Waals surface area contributed by atoms with Gasteiger partial charge in [0.1, 0.15) is 0 Å². The maximum Gasteiger partial charge on any atom is 0.363 e. The summed E-state index contributed by atoms with van der Waals surface area (Å²) in [5.41, 5.74) is 2.49. The summed E-state index contributed by atoms with van der Waals surface area (Å²) in [5, 5.41) is 11.0. The normalized spacial score (nSPS) is 15.4. The third-order valence-electron chi connectivity index (χ3n) is 4.11. The fourth-order valence-electron chi connectivity index (χ4n) is 2.59. The van der Waals surface area contributed by atoms with E-state index in [4.69, 9.17) is 4.74 Å². The Kier molecular flexibility index (Phi) is 5.26. The smallest absolute Gasteiger partial charge is 0.363 e. The van der Waals surface area contributed by atoms with E-state index in [0.717, 1.165) is 5.56 Å². The molecule has 136 valence electrons. The van der Waals surface area contributed by atoms with Crippen LogP contribution in [0.2, 0.25) is 0 Å². The van der Waals surface area contributed by atoms with E-state index in [0.29, 0.717) is 11.5 Å². The van der Waals surface area contributed by atoms with Crippen molar-refractivity contribution in [3.63, 3.8) is 0 Å². The van der Waals surface area contributed by atoms with Crippen molar-refractivity contribution in [2.24, 2.45) is 4.99 Å². The van der Waals surface area contributed by atoms with Crippen LogP contribution in [-0.4, -0.2) is 16.8 Å². The van der Waals surface area contributed by atoms with Crippen LogP contribution in [0.25, 0.3) is 6.08 Å². The molecule has 0 N–H and O–H groups in total. The third kappa shape index (κ3) is 4.17. The zero-order valence-electron chi connectivity index (χ0n) is 15.0. The van der Waals surface area contributed by atoms with E-state index >= 15 is 0 Å². The lowest BCUT2D eigenvalue weighted by molar-refractivity contribution is -0.385. The van der Waals surface area contributed by atoms with Gasteiger partial charge in [-0.2, -0.15) is 0 Å². The Hall–Kier alpha value is -3.54. The molecule has 1 aliphatic heterocycles. The van der Waals surface area contributed by atoms with E-state index in [-0.39, 0.29) is 17.3 Å². The first-order valence-corrected chi connectivity index (χ1v) is 8.48. The molecule has 1 heterocycles. The number of nitrogens with zero attached hydrogens (tertiary/aromatic N) is 2. The molecule has 6 nitrogen and oxygen atoms in total. The number of nitro benzene ring substituents is 1. The second kappa shape index (κ2) is 7.78. The minimum absolute atomic E-state index is 0.00409. The van der Waals surface area contributed by atoms with Crippen LogP contribution in [0.3, 0.4) is 0 Å². The van der Waals surface area contributed by atoms with Gasteiger partial charge in [-0.05, 0) is 41.8 Å². The van der Waals surface area contributed by atoms with Crippen molar-refractivity contribution in [2.45, 2.75) is 19.8 Å². The Bertz CT molecular complexity index is 970.